The number of nitrogens with zero attached hydrogens (tertiary/aromatic N) is 1. The second-order valence-electron chi connectivity index (χ2n) is 1.92. The van der Waals surface area contributed by atoms with Crippen LogP contribution >= 0.6 is 0 Å². The molecule has 0 saturated heterocycles. The van der Waals surface area contributed by atoms with Gasteiger partial charge in [-0.15, -0.1) is 0 Å². The SMILES string of the molecule is CCCOCN=BOCCO. The molecule has 0 atom stereocenters. The van der Waals surface area contributed by atoms with E-state index in [4.69, 9.17) is 14.5 Å². The average molecular weight is 159 g/mol. The van der Waals surface area contributed by atoms with Crippen molar-refractivity contribution in [3.63, 3.8) is 0 Å². The zero-order valence-electron chi connectivity index (χ0n) is 6.82. The molecule has 0 saturated carbocycles. The van der Waals surface area contributed by atoms with E-state index in [0.717, 1.165) is 13.0 Å². The number of ether oxygens (including phenoxy) is 1. The fourth-order valence-corrected chi connectivity index (χ4v) is 0.450. The molecule has 1 N–H and O–H groups in total. The second-order valence-corrected chi connectivity index (χ2v) is 1.92. The van der Waals surface area contributed by atoms with E-state index in [9.17, 15) is 0 Å². The summed E-state index contributed by atoms with van der Waals surface area (Å²) < 4.78 is 9.76. The summed E-state index contributed by atoms with van der Waals surface area (Å²) in [5, 5.41) is 8.29. The van der Waals surface area contributed by atoms with Crippen LogP contribution in [0, 0.1) is 0 Å². The summed E-state index contributed by atoms with van der Waals surface area (Å²) in [4.78, 5) is 3.77. The Labute approximate surface area is 67.5 Å². The third-order valence-electron chi connectivity index (χ3n) is 0.872. The van der Waals surface area contributed by atoms with E-state index in [0.29, 0.717) is 6.73 Å². The molecule has 0 aromatic carbocycles. The molecule has 0 aromatic rings. The van der Waals surface area contributed by atoms with Gasteiger partial charge >= 0.3 is 66.6 Å². The quantitative estimate of drug-likeness (QED) is 0.425. The Morgan fingerprint density at radius 1 is 1.45 bits per heavy atom. The van der Waals surface area contributed by atoms with Crippen molar-refractivity contribution >= 4 is 7.27 Å². The topological polar surface area (TPSA) is 51.0 Å². The van der Waals surface area contributed by atoms with Gasteiger partial charge in [0, 0.05) is 0 Å². The molecule has 0 aliphatic carbocycles. The van der Waals surface area contributed by atoms with Crippen LogP contribution in [0.2, 0.25) is 0 Å². The molecule has 0 amide bonds. The summed E-state index contributed by atoms with van der Waals surface area (Å²) in [5.41, 5.74) is 0. The summed E-state index contributed by atoms with van der Waals surface area (Å²) in [6.45, 7) is 3.39. The van der Waals surface area contributed by atoms with Crippen LogP contribution in [-0.2, 0) is 9.39 Å². The van der Waals surface area contributed by atoms with E-state index >= 15 is 0 Å². The monoisotopic (exact) mass is 159 g/mol. The molecule has 0 rings (SSSR count). The summed E-state index contributed by atoms with van der Waals surface area (Å²) >= 11 is 0. The summed E-state index contributed by atoms with van der Waals surface area (Å²) in [5.74, 6) is 0. The van der Waals surface area contributed by atoms with Crippen LogP contribution < -0.4 is 0 Å². The molecule has 0 aromatic heterocycles. The molecule has 0 bridgehead atoms. The number of hydrogen-bond donors (Lipinski definition) is 1. The van der Waals surface area contributed by atoms with E-state index in [2.05, 4.69) is 4.90 Å². The van der Waals surface area contributed by atoms with E-state index < -0.39 is 0 Å². The Kier molecular flexibility index (Phi) is 9.22. The predicted molar refractivity (Wildman–Crippen MR) is 42.3 cm³/mol. The molecule has 0 radical (unpaired) electrons. The Balaban J connectivity index is 2.91. The first-order valence-corrected chi connectivity index (χ1v) is 3.70. The molecule has 0 unspecified atom stereocenters. The fourth-order valence-electron chi connectivity index (χ4n) is 0.450. The predicted octanol–water partition coefficient (Wildman–Crippen LogP) is 0.182. The molecule has 0 aliphatic rings. The average Bonchev–Trinajstić information content (AvgIpc) is 2.03. The van der Waals surface area contributed by atoms with E-state index in [1.807, 2.05) is 6.92 Å². The van der Waals surface area contributed by atoms with Crippen LogP contribution in [0.5, 0.6) is 0 Å². The molecular formula is C6H14BNO3. The Morgan fingerprint density at radius 2 is 2.27 bits per heavy atom. The fraction of sp³-hybridized carbons (Fsp3) is 1.00. The van der Waals surface area contributed by atoms with Crippen molar-refractivity contribution in [3.8, 4) is 0 Å². The summed E-state index contributed by atoms with van der Waals surface area (Å²) in [6, 6.07) is 0. The van der Waals surface area contributed by atoms with E-state index in [1.54, 1.807) is 0 Å². The molecular weight excluding hydrogens is 145 g/mol. The molecule has 64 valence electrons. The van der Waals surface area contributed by atoms with Crippen molar-refractivity contribution in [1.82, 2.24) is 0 Å². The number of hydrogen-bond acceptors (Lipinski definition) is 4. The van der Waals surface area contributed by atoms with Crippen LogP contribution in [-0.4, -0.2) is 38.9 Å². The first kappa shape index (κ1) is 10.6. The Bertz CT molecular complexity index is 99.8. The van der Waals surface area contributed by atoms with Crippen molar-refractivity contribution in [2.45, 2.75) is 13.3 Å². The third-order valence-corrected chi connectivity index (χ3v) is 0.872. The number of aliphatic hydroxyl groups excluding tert-OH is 1. The number of aliphatic hydroxyl groups is 1. The van der Waals surface area contributed by atoms with E-state index in [1.165, 1.54) is 7.27 Å². The van der Waals surface area contributed by atoms with Crippen LogP contribution in [0.1, 0.15) is 13.3 Å². The Morgan fingerprint density at radius 3 is 2.91 bits per heavy atom. The van der Waals surface area contributed by atoms with Gasteiger partial charge in [0.15, 0.2) is 0 Å². The van der Waals surface area contributed by atoms with Crippen molar-refractivity contribution in [2.24, 2.45) is 4.90 Å². The van der Waals surface area contributed by atoms with Crippen molar-refractivity contribution in [3.05, 3.63) is 0 Å². The zero-order chi connectivity index (χ0) is 8.36. The Hall–Kier alpha value is -0.415. The minimum absolute atomic E-state index is 0.0157. The van der Waals surface area contributed by atoms with Crippen LogP contribution in [0.4, 0.5) is 0 Å². The molecule has 4 nitrogen and oxygen atoms in total. The van der Waals surface area contributed by atoms with Gasteiger partial charge in [0.2, 0.25) is 0 Å². The van der Waals surface area contributed by atoms with Gasteiger partial charge in [-0.25, -0.2) is 0 Å². The molecule has 0 spiro atoms. The maximum atomic E-state index is 8.29. The standard InChI is InChI=1S/C6H14BNO3/c1-2-4-10-6-8-7-11-5-3-9/h9H,2-6H2,1H3. The van der Waals surface area contributed by atoms with Crippen molar-refractivity contribution in [2.75, 3.05) is 26.6 Å². The molecule has 0 fully saturated rings. The third kappa shape index (κ3) is 9.58. The van der Waals surface area contributed by atoms with Gasteiger partial charge in [0.1, 0.15) is 0 Å². The van der Waals surface area contributed by atoms with Gasteiger partial charge in [0.25, 0.3) is 0 Å². The second kappa shape index (κ2) is 9.58. The van der Waals surface area contributed by atoms with Gasteiger partial charge in [0.05, 0.1) is 0 Å². The summed E-state index contributed by atoms with van der Waals surface area (Å²) in [6.07, 6.45) is 0.993. The van der Waals surface area contributed by atoms with Gasteiger partial charge < -0.3 is 0 Å². The molecule has 5 heteroatoms. The van der Waals surface area contributed by atoms with Gasteiger partial charge in [-0.05, 0) is 0 Å². The van der Waals surface area contributed by atoms with Gasteiger partial charge in [-0.3, -0.25) is 0 Å². The molecule has 11 heavy (non-hydrogen) atoms. The normalized spacial score (nSPS) is 10.0. The van der Waals surface area contributed by atoms with Crippen LogP contribution in [0.25, 0.3) is 0 Å². The molecule has 0 heterocycles. The summed E-state index contributed by atoms with van der Waals surface area (Å²) in [7, 11) is 1.30. The minimum atomic E-state index is 0.0157. The van der Waals surface area contributed by atoms with Crippen molar-refractivity contribution < 1.29 is 14.5 Å². The number of rotatable bonds is 7. The first-order valence-electron chi connectivity index (χ1n) is 3.70. The maximum absolute atomic E-state index is 8.29. The van der Waals surface area contributed by atoms with Crippen LogP contribution in [0.15, 0.2) is 4.90 Å². The van der Waals surface area contributed by atoms with Crippen molar-refractivity contribution in [1.29, 1.82) is 0 Å². The molecule has 0 aliphatic heterocycles. The van der Waals surface area contributed by atoms with E-state index in [-0.39, 0.29) is 13.2 Å². The first-order chi connectivity index (χ1) is 5.41. The van der Waals surface area contributed by atoms with Gasteiger partial charge in [-0.2, -0.15) is 0 Å². The van der Waals surface area contributed by atoms with Gasteiger partial charge in [-0.1, -0.05) is 0 Å². The zero-order valence-corrected chi connectivity index (χ0v) is 6.82. The van der Waals surface area contributed by atoms with Crippen LogP contribution in [0.3, 0.4) is 0 Å².